The van der Waals surface area contributed by atoms with Gasteiger partial charge in [-0.1, -0.05) is 54.6 Å². The van der Waals surface area contributed by atoms with Crippen LogP contribution in [0.5, 0.6) is 0 Å². The van der Waals surface area contributed by atoms with Gasteiger partial charge in [0.1, 0.15) is 0 Å². The first-order valence-electron chi connectivity index (χ1n) is 7.82. The van der Waals surface area contributed by atoms with Crippen LogP contribution < -0.4 is 5.32 Å². The van der Waals surface area contributed by atoms with E-state index >= 15 is 0 Å². The molecule has 0 radical (unpaired) electrons. The van der Waals surface area contributed by atoms with Crippen molar-refractivity contribution in [1.29, 1.82) is 0 Å². The predicted octanol–water partition coefficient (Wildman–Crippen LogP) is 4.72. The van der Waals surface area contributed by atoms with E-state index in [0.29, 0.717) is 5.56 Å². The highest BCUT2D eigenvalue weighted by Gasteiger charge is 2.30. The van der Waals surface area contributed by atoms with Gasteiger partial charge in [-0.25, -0.2) is 0 Å². The van der Waals surface area contributed by atoms with Gasteiger partial charge in [-0.05, 0) is 34.0 Å². The number of hydrogen-bond donors (Lipinski definition) is 1. The normalized spacial score (nSPS) is 11.5. The molecule has 0 aliphatic carbocycles. The molecule has 0 bridgehead atoms. The van der Waals surface area contributed by atoms with Gasteiger partial charge >= 0.3 is 6.18 Å². The second-order valence-electron chi connectivity index (χ2n) is 5.83. The maximum Gasteiger partial charge on any atom is 0.416 e. The average molecular weight is 343 g/mol. The van der Waals surface area contributed by atoms with E-state index in [0.717, 1.165) is 28.5 Å². The van der Waals surface area contributed by atoms with Gasteiger partial charge in [-0.2, -0.15) is 13.2 Å². The first kappa shape index (κ1) is 17.0. The van der Waals surface area contributed by atoms with E-state index in [-0.39, 0.29) is 18.9 Å². The number of rotatable bonds is 4. The van der Waals surface area contributed by atoms with Crippen LogP contribution in [0.3, 0.4) is 0 Å². The largest absolute Gasteiger partial charge is 0.416 e. The fourth-order valence-corrected chi connectivity index (χ4v) is 2.65. The number of hydrogen-bond acceptors (Lipinski definition) is 1. The Kier molecular flexibility index (Phi) is 4.74. The lowest BCUT2D eigenvalue weighted by atomic mass is 10.0. The molecule has 0 aromatic heterocycles. The monoisotopic (exact) mass is 343 g/mol. The summed E-state index contributed by atoms with van der Waals surface area (Å²) >= 11 is 0. The summed E-state index contributed by atoms with van der Waals surface area (Å²) in [7, 11) is 0. The molecule has 0 aliphatic rings. The highest BCUT2D eigenvalue weighted by Crippen LogP contribution is 2.29. The second kappa shape index (κ2) is 6.97. The summed E-state index contributed by atoms with van der Waals surface area (Å²) in [5, 5.41) is 4.81. The number of halogens is 3. The molecule has 0 saturated heterocycles. The first-order chi connectivity index (χ1) is 11.9. The van der Waals surface area contributed by atoms with Gasteiger partial charge in [0.05, 0.1) is 12.0 Å². The Morgan fingerprint density at radius 3 is 2.36 bits per heavy atom. The molecule has 0 saturated carbocycles. The van der Waals surface area contributed by atoms with Crippen LogP contribution in [0.4, 0.5) is 13.2 Å². The Bertz CT molecular complexity index is 903. The number of benzene rings is 3. The molecule has 0 heterocycles. The topological polar surface area (TPSA) is 29.1 Å². The molecule has 3 rings (SSSR count). The third-order valence-electron chi connectivity index (χ3n) is 3.92. The third kappa shape index (κ3) is 4.38. The predicted molar refractivity (Wildman–Crippen MR) is 90.9 cm³/mol. The van der Waals surface area contributed by atoms with Crippen LogP contribution >= 0.6 is 0 Å². The van der Waals surface area contributed by atoms with Crippen LogP contribution in [0, 0.1) is 0 Å². The minimum absolute atomic E-state index is 0.0658. The maximum atomic E-state index is 12.7. The fraction of sp³-hybridized carbons (Fsp3) is 0.150. The summed E-state index contributed by atoms with van der Waals surface area (Å²) in [5.41, 5.74) is 0.565. The average Bonchev–Trinajstić information content (AvgIpc) is 2.59. The molecule has 1 amide bonds. The molecule has 3 aromatic carbocycles. The van der Waals surface area contributed by atoms with Crippen molar-refractivity contribution in [2.75, 3.05) is 0 Å². The maximum absolute atomic E-state index is 12.7. The fourth-order valence-electron chi connectivity index (χ4n) is 2.65. The van der Waals surface area contributed by atoms with Crippen molar-refractivity contribution in [3.8, 4) is 0 Å². The lowest BCUT2D eigenvalue weighted by Crippen LogP contribution is -2.24. The van der Waals surface area contributed by atoms with E-state index in [1.165, 1.54) is 6.07 Å². The van der Waals surface area contributed by atoms with E-state index in [9.17, 15) is 18.0 Å². The zero-order valence-electron chi connectivity index (χ0n) is 13.3. The van der Waals surface area contributed by atoms with Gasteiger partial charge in [0.15, 0.2) is 0 Å². The van der Waals surface area contributed by atoms with Crippen molar-refractivity contribution < 1.29 is 18.0 Å². The van der Waals surface area contributed by atoms with E-state index in [2.05, 4.69) is 5.32 Å². The molecular weight excluding hydrogens is 327 g/mol. The molecule has 128 valence electrons. The number of fused-ring (bicyclic) bond motifs is 1. The Balaban J connectivity index is 1.62. The SMILES string of the molecule is O=C(Cc1ccc2ccccc2c1)NCc1cccc(C(F)(F)F)c1. The van der Waals surface area contributed by atoms with Gasteiger partial charge in [-0.3, -0.25) is 4.79 Å². The van der Waals surface area contributed by atoms with Gasteiger partial charge in [0, 0.05) is 6.54 Å². The summed E-state index contributed by atoms with van der Waals surface area (Å²) in [6.45, 7) is 0.0658. The van der Waals surface area contributed by atoms with Gasteiger partial charge in [0.25, 0.3) is 0 Å². The first-order valence-corrected chi connectivity index (χ1v) is 7.82. The van der Waals surface area contributed by atoms with Crippen molar-refractivity contribution in [2.45, 2.75) is 19.1 Å². The van der Waals surface area contributed by atoms with Crippen molar-refractivity contribution in [2.24, 2.45) is 0 Å². The van der Waals surface area contributed by atoms with E-state index in [1.54, 1.807) is 6.07 Å². The number of alkyl halides is 3. The second-order valence-corrected chi connectivity index (χ2v) is 5.83. The molecular formula is C20H16F3NO. The lowest BCUT2D eigenvalue weighted by Gasteiger charge is -2.10. The summed E-state index contributed by atoms with van der Waals surface area (Å²) in [6.07, 6.45) is -4.20. The molecule has 0 aliphatic heterocycles. The Morgan fingerprint density at radius 2 is 1.60 bits per heavy atom. The highest BCUT2D eigenvalue weighted by atomic mass is 19.4. The zero-order chi connectivity index (χ0) is 17.9. The summed E-state index contributed by atoms with van der Waals surface area (Å²) < 4.78 is 38.1. The molecule has 1 N–H and O–H groups in total. The van der Waals surface area contributed by atoms with Gasteiger partial charge in [-0.15, -0.1) is 0 Å². The van der Waals surface area contributed by atoms with Crippen molar-refractivity contribution in [3.63, 3.8) is 0 Å². The Hall–Kier alpha value is -2.82. The number of nitrogens with one attached hydrogen (secondary N) is 1. The standard InChI is InChI=1S/C20H16F3NO/c21-20(22,23)18-7-3-4-15(11-18)13-24-19(25)12-14-8-9-16-5-1-2-6-17(16)10-14/h1-11H,12-13H2,(H,24,25). The van der Waals surface area contributed by atoms with Crippen molar-refractivity contribution in [1.82, 2.24) is 5.32 Å². The molecule has 5 heteroatoms. The molecule has 0 unspecified atom stereocenters. The number of carbonyl (C=O) groups is 1. The summed E-state index contributed by atoms with van der Waals surface area (Å²) in [5.74, 6) is -0.229. The van der Waals surface area contributed by atoms with Crippen LogP contribution in [-0.4, -0.2) is 5.91 Å². The molecule has 3 aromatic rings. The van der Waals surface area contributed by atoms with Gasteiger partial charge < -0.3 is 5.32 Å². The molecule has 0 spiro atoms. The van der Waals surface area contributed by atoms with E-state index in [4.69, 9.17) is 0 Å². The summed E-state index contributed by atoms with van der Waals surface area (Å²) in [4.78, 5) is 12.1. The highest BCUT2D eigenvalue weighted by molar-refractivity contribution is 5.85. The van der Waals surface area contributed by atoms with E-state index in [1.807, 2.05) is 42.5 Å². The summed E-state index contributed by atoms with van der Waals surface area (Å²) in [6, 6.07) is 18.6. The molecule has 25 heavy (non-hydrogen) atoms. The molecule has 0 fully saturated rings. The Morgan fingerprint density at radius 1 is 0.840 bits per heavy atom. The number of carbonyl (C=O) groups excluding carboxylic acids is 1. The van der Waals surface area contributed by atoms with Crippen molar-refractivity contribution >= 4 is 16.7 Å². The van der Waals surface area contributed by atoms with Gasteiger partial charge in [0.2, 0.25) is 5.91 Å². The molecule has 2 nitrogen and oxygen atoms in total. The van der Waals surface area contributed by atoms with Crippen LogP contribution in [0.15, 0.2) is 66.7 Å². The smallest absolute Gasteiger partial charge is 0.352 e. The zero-order valence-corrected chi connectivity index (χ0v) is 13.3. The quantitative estimate of drug-likeness (QED) is 0.730. The Labute approximate surface area is 143 Å². The minimum atomic E-state index is -4.38. The lowest BCUT2D eigenvalue weighted by molar-refractivity contribution is -0.137. The van der Waals surface area contributed by atoms with Crippen LogP contribution in [0.1, 0.15) is 16.7 Å². The van der Waals surface area contributed by atoms with Crippen LogP contribution in [-0.2, 0) is 23.9 Å². The third-order valence-corrected chi connectivity index (χ3v) is 3.92. The van der Waals surface area contributed by atoms with Crippen LogP contribution in [0.25, 0.3) is 10.8 Å². The van der Waals surface area contributed by atoms with Crippen LogP contribution in [0.2, 0.25) is 0 Å². The minimum Gasteiger partial charge on any atom is -0.352 e. The number of amides is 1. The van der Waals surface area contributed by atoms with E-state index < -0.39 is 11.7 Å². The molecule has 0 atom stereocenters. The van der Waals surface area contributed by atoms with Crippen molar-refractivity contribution in [3.05, 3.63) is 83.4 Å².